The van der Waals surface area contributed by atoms with Gasteiger partial charge in [-0.15, -0.1) is 0 Å². The van der Waals surface area contributed by atoms with Crippen LogP contribution in [-0.4, -0.2) is 38.0 Å². The van der Waals surface area contributed by atoms with Crippen LogP contribution in [0.4, 0.5) is 0 Å². The van der Waals surface area contributed by atoms with Crippen molar-refractivity contribution < 1.29 is 13.1 Å². The fourth-order valence-corrected chi connectivity index (χ4v) is 1.25. The number of carbonyl (C=O) groups is 1. The summed E-state index contributed by atoms with van der Waals surface area (Å²) in [4.78, 5) is 11.6. The Morgan fingerprint density at radius 1 is 1.43 bits per heavy atom. The molecule has 2 radical (unpaired) electrons. The fraction of sp³-hybridized carbons (Fsp3) is 0.700. The van der Waals surface area contributed by atoms with Crippen LogP contribution >= 0.6 is 0 Å². The van der Waals surface area contributed by atoms with Crippen LogP contribution in [0.25, 0.3) is 0 Å². The molecular weight excluding hydrogens is 238 g/mol. The summed E-state index contributed by atoms with van der Waals surface area (Å²) in [5.41, 5.74) is -0.371. The van der Waals surface area contributed by atoms with Crippen molar-refractivity contribution in [2.45, 2.75) is 33.8 Å². The first kappa shape index (κ1) is 13.8. The molecule has 78 valence electrons. The minimum atomic E-state index is -0.371. The number of ether oxygens (including phenoxy) is 1. The Morgan fingerprint density at radius 2 is 1.93 bits per heavy atom. The van der Waals surface area contributed by atoms with Gasteiger partial charge in [0.1, 0.15) is 0 Å². The van der Waals surface area contributed by atoms with Crippen molar-refractivity contribution in [1.29, 1.82) is 0 Å². The zero-order valence-electron chi connectivity index (χ0n) is 9.46. The summed E-state index contributed by atoms with van der Waals surface area (Å²) in [6, 6.07) is 0. The molecule has 3 nitrogen and oxygen atoms in total. The Hall–Kier alpha value is -0.194. The third-order valence-corrected chi connectivity index (χ3v) is 2.47. The third-order valence-electron chi connectivity index (χ3n) is 1.90. The number of methoxy groups -OCH3 is 1. The molecular formula is C10H17GaO3. The van der Waals surface area contributed by atoms with E-state index in [0.717, 1.165) is 19.0 Å². The van der Waals surface area contributed by atoms with Crippen LogP contribution in [0.15, 0.2) is 11.8 Å². The Bertz CT molecular complexity index is 228. The predicted molar refractivity (Wildman–Crippen MR) is 55.9 cm³/mol. The summed E-state index contributed by atoms with van der Waals surface area (Å²) in [7, 11) is 1.59. The molecule has 0 aliphatic carbocycles. The molecule has 0 rings (SSSR count). The Balaban J connectivity index is 4.69. The van der Waals surface area contributed by atoms with Gasteiger partial charge in [0, 0.05) is 0 Å². The number of carbonyl (C=O) groups excluding carboxylic acids is 1. The molecule has 0 bridgehead atoms. The van der Waals surface area contributed by atoms with Gasteiger partial charge in [-0.3, -0.25) is 0 Å². The van der Waals surface area contributed by atoms with Gasteiger partial charge in [0.05, 0.1) is 0 Å². The third kappa shape index (κ3) is 4.35. The quantitative estimate of drug-likeness (QED) is 0.435. The van der Waals surface area contributed by atoms with E-state index in [9.17, 15) is 4.79 Å². The number of hydrogen-bond donors (Lipinski definition) is 0. The predicted octanol–water partition coefficient (Wildman–Crippen LogP) is 1.62. The second-order valence-corrected chi connectivity index (χ2v) is 4.65. The topological polar surface area (TPSA) is 35.5 Å². The van der Waals surface area contributed by atoms with Crippen LogP contribution in [0, 0.1) is 5.41 Å². The maximum atomic E-state index is 11.6. The monoisotopic (exact) mass is 254 g/mol. The molecule has 0 heterocycles. The molecule has 0 N–H and O–H groups in total. The Labute approximate surface area is 96.2 Å². The summed E-state index contributed by atoms with van der Waals surface area (Å²) in [5.74, 6) is 0.640. The number of allylic oxidation sites excluding steroid dienone is 1. The minimum absolute atomic E-state index is 0.0500. The molecule has 0 aliphatic rings. The average molecular weight is 255 g/mol. The Kier molecular flexibility index (Phi) is 5.55. The van der Waals surface area contributed by atoms with Gasteiger partial charge >= 0.3 is 96.0 Å². The standard InChI is InChI=1S/C10H18O3.Ga/c1-7(13-5)8(11)6-9(12)10(2,3)4;/h6-7,11H,1-5H3;/q;+1/p-1/b8-6-;. The summed E-state index contributed by atoms with van der Waals surface area (Å²) in [5, 5.41) is 0. The van der Waals surface area contributed by atoms with Gasteiger partial charge in [0.25, 0.3) is 0 Å². The van der Waals surface area contributed by atoms with Gasteiger partial charge in [0.15, 0.2) is 0 Å². The second-order valence-electron chi connectivity index (χ2n) is 4.16. The second kappa shape index (κ2) is 5.63. The van der Waals surface area contributed by atoms with Gasteiger partial charge < -0.3 is 0 Å². The van der Waals surface area contributed by atoms with Crippen molar-refractivity contribution in [3.8, 4) is 0 Å². The van der Waals surface area contributed by atoms with E-state index in [1.165, 1.54) is 6.08 Å². The fourth-order valence-electron chi connectivity index (χ4n) is 0.709. The summed E-state index contributed by atoms with van der Waals surface area (Å²) in [6.45, 7) is 7.48. The zero-order chi connectivity index (χ0) is 11.4. The average Bonchev–Trinajstić information content (AvgIpc) is 2.10. The van der Waals surface area contributed by atoms with Gasteiger partial charge in [-0.2, -0.15) is 0 Å². The Morgan fingerprint density at radius 3 is 2.21 bits per heavy atom. The number of ketones is 1. The molecule has 0 aromatic carbocycles. The van der Waals surface area contributed by atoms with Crippen molar-refractivity contribution >= 4 is 24.7 Å². The zero-order valence-corrected chi connectivity index (χ0v) is 11.9. The molecule has 0 aromatic rings. The van der Waals surface area contributed by atoms with Gasteiger partial charge in [-0.25, -0.2) is 0 Å². The molecule has 0 aromatic heterocycles. The molecule has 1 unspecified atom stereocenters. The molecule has 14 heavy (non-hydrogen) atoms. The molecule has 1 atom stereocenters. The van der Waals surface area contributed by atoms with Crippen LogP contribution in [0.1, 0.15) is 27.7 Å². The molecule has 0 fully saturated rings. The van der Waals surface area contributed by atoms with E-state index in [4.69, 9.17) is 8.27 Å². The first-order valence-corrected chi connectivity index (χ1v) is 5.47. The first-order valence-electron chi connectivity index (χ1n) is 4.48. The van der Waals surface area contributed by atoms with Crippen LogP contribution in [-0.2, 0) is 13.1 Å². The van der Waals surface area contributed by atoms with E-state index < -0.39 is 0 Å². The molecule has 4 heteroatoms. The molecule has 0 saturated heterocycles. The van der Waals surface area contributed by atoms with E-state index in [-0.39, 0.29) is 17.3 Å². The van der Waals surface area contributed by atoms with Crippen molar-refractivity contribution in [3.05, 3.63) is 11.8 Å². The van der Waals surface area contributed by atoms with Crippen molar-refractivity contribution in [1.82, 2.24) is 0 Å². The van der Waals surface area contributed by atoms with Crippen LogP contribution < -0.4 is 0 Å². The first-order chi connectivity index (χ1) is 6.32. The SMILES string of the molecule is COC(C)/C(=C/C(=O)C(C)(C)C)[O][Ga]. The van der Waals surface area contributed by atoms with Gasteiger partial charge in [-0.1, -0.05) is 0 Å². The van der Waals surface area contributed by atoms with Crippen LogP contribution in [0.5, 0.6) is 0 Å². The van der Waals surface area contributed by atoms with Crippen molar-refractivity contribution in [2.75, 3.05) is 7.11 Å². The molecule has 0 saturated carbocycles. The van der Waals surface area contributed by atoms with E-state index in [0.29, 0.717) is 5.76 Å². The molecule has 0 aliphatic heterocycles. The molecule has 0 amide bonds. The van der Waals surface area contributed by atoms with Crippen molar-refractivity contribution in [3.63, 3.8) is 0 Å². The summed E-state index contributed by atoms with van der Waals surface area (Å²) < 4.78 is 10.2. The van der Waals surface area contributed by atoms with Crippen LogP contribution in [0.3, 0.4) is 0 Å². The van der Waals surface area contributed by atoms with E-state index >= 15 is 0 Å². The van der Waals surface area contributed by atoms with Crippen LogP contribution in [0.2, 0.25) is 0 Å². The normalized spacial score (nSPS) is 15.1. The number of hydrogen-bond acceptors (Lipinski definition) is 3. The number of rotatable bonds is 4. The van der Waals surface area contributed by atoms with Gasteiger partial charge in [-0.05, 0) is 0 Å². The van der Waals surface area contributed by atoms with Crippen molar-refractivity contribution in [2.24, 2.45) is 5.41 Å². The van der Waals surface area contributed by atoms with E-state index in [1.807, 2.05) is 27.7 Å². The maximum absolute atomic E-state index is 11.6. The van der Waals surface area contributed by atoms with E-state index in [1.54, 1.807) is 7.11 Å². The summed E-state index contributed by atoms with van der Waals surface area (Å²) >= 11 is 1.10. The van der Waals surface area contributed by atoms with Gasteiger partial charge in [0.2, 0.25) is 0 Å². The summed E-state index contributed by atoms with van der Waals surface area (Å²) in [6.07, 6.45) is 1.35. The molecule has 0 spiro atoms. The van der Waals surface area contributed by atoms with E-state index in [2.05, 4.69) is 0 Å².